The third-order valence-electron chi connectivity index (χ3n) is 6.99. The second-order valence-corrected chi connectivity index (χ2v) is 8.59. The molecule has 11 atom stereocenters. The van der Waals surface area contributed by atoms with Crippen LogP contribution in [0.1, 0.15) is 12.8 Å². The Morgan fingerprint density at radius 1 is 1.00 bits per heavy atom. The lowest BCUT2D eigenvalue weighted by Gasteiger charge is -2.41. The third kappa shape index (κ3) is 3.25. The summed E-state index contributed by atoms with van der Waals surface area (Å²) in [5.41, 5.74) is 1.52. The molecule has 30 heavy (non-hydrogen) atoms. The van der Waals surface area contributed by atoms with Crippen LogP contribution in [0.2, 0.25) is 0 Å². The fourth-order valence-corrected chi connectivity index (χ4v) is 5.26. The Morgan fingerprint density at radius 2 is 1.70 bits per heavy atom. The summed E-state index contributed by atoms with van der Waals surface area (Å²) in [6.07, 6.45) is -8.25. The summed E-state index contributed by atoms with van der Waals surface area (Å²) in [6.45, 7) is 11.5. The number of hydrogen-bond donors (Lipinski definition) is 5. The van der Waals surface area contributed by atoms with Crippen LogP contribution in [0.25, 0.3) is 0 Å². The Labute approximate surface area is 173 Å². The van der Waals surface area contributed by atoms with E-state index < -0.39 is 61.6 Å². The molecular weight excluding hydrogens is 396 g/mol. The van der Waals surface area contributed by atoms with Gasteiger partial charge in [0.05, 0.1) is 18.8 Å². The molecule has 2 aliphatic heterocycles. The first-order chi connectivity index (χ1) is 14.1. The van der Waals surface area contributed by atoms with Crippen molar-refractivity contribution in [2.45, 2.75) is 61.9 Å². The van der Waals surface area contributed by atoms with Crippen LogP contribution < -0.4 is 0 Å². The lowest BCUT2D eigenvalue weighted by atomic mass is 9.82. The van der Waals surface area contributed by atoms with Crippen molar-refractivity contribution < 1.29 is 44.5 Å². The minimum Gasteiger partial charge on any atom is -0.458 e. The zero-order chi connectivity index (χ0) is 21.9. The predicted molar refractivity (Wildman–Crippen MR) is 102 cm³/mol. The van der Waals surface area contributed by atoms with Crippen molar-refractivity contribution in [3.05, 3.63) is 36.5 Å². The van der Waals surface area contributed by atoms with Crippen molar-refractivity contribution in [2.24, 2.45) is 17.8 Å². The SMILES string of the molecule is C=C1[C@@H]2[C@H]3OC(=O)C(=C)[C@@H]3C[C@H](O)C(=C)[C@@H]2C[C@@H]1O[C@H]1[C@H](O)[C@H](O)[C@@H](O)O[C@H]1CO. The van der Waals surface area contributed by atoms with Crippen molar-refractivity contribution in [1.29, 1.82) is 0 Å². The van der Waals surface area contributed by atoms with Crippen LogP contribution in [0.4, 0.5) is 0 Å². The molecule has 2 saturated carbocycles. The smallest absolute Gasteiger partial charge is 0.334 e. The van der Waals surface area contributed by atoms with Crippen molar-refractivity contribution >= 4 is 5.97 Å². The average molecular weight is 424 g/mol. The van der Waals surface area contributed by atoms with Crippen molar-refractivity contribution in [3.63, 3.8) is 0 Å². The molecular formula is C21H28O9. The Hall–Kier alpha value is -1.59. The van der Waals surface area contributed by atoms with Gasteiger partial charge < -0.3 is 39.7 Å². The Balaban J connectivity index is 1.59. The van der Waals surface area contributed by atoms with E-state index in [1.807, 2.05) is 0 Å². The van der Waals surface area contributed by atoms with Gasteiger partial charge in [-0.2, -0.15) is 0 Å². The highest BCUT2D eigenvalue weighted by molar-refractivity contribution is 5.91. The van der Waals surface area contributed by atoms with Gasteiger partial charge >= 0.3 is 5.97 Å². The van der Waals surface area contributed by atoms with Crippen LogP contribution in [0.5, 0.6) is 0 Å². The Kier molecular flexibility index (Phi) is 5.65. The van der Waals surface area contributed by atoms with E-state index in [1.54, 1.807) is 0 Å². The monoisotopic (exact) mass is 424 g/mol. The zero-order valence-corrected chi connectivity index (χ0v) is 16.5. The molecule has 0 amide bonds. The molecule has 0 bridgehead atoms. The number of rotatable bonds is 3. The predicted octanol–water partition coefficient (Wildman–Crippen LogP) is -1.22. The first kappa shape index (κ1) is 21.6. The van der Waals surface area contributed by atoms with Crippen LogP contribution in [0, 0.1) is 17.8 Å². The number of carbonyl (C=O) groups excluding carboxylic acids is 1. The van der Waals surface area contributed by atoms with Crippen molar-refractivity contribution in [3.8, 4) is 0 Å². The second-order valence-electron chi connectivity index (χ2n) is 8.59. The van der Waals surface area contributed by atoms with E-state index in [0.717, 1.165) is 0 Å². The fraction of sp³-hybridized carbons (Fsp3) is 0.667. The number of ether oxygens (including phenoxy) is 3. The van der Waals surface area contributed by atoms with Gasteiger partial charge in [-0.05, 0) is 29.9 Å². The van der Waals surface area contributed by atoms with Gasteiger partial charge in [0.2, 0.25) is 0 Å². The Morgan fingerprint density at radius 3 is 2.37 bits per heavy atom. The molecule has 166 valence electrons. The van der Waals surface area contributed by atoms with Gasteiger partial charge in [-0.3, -0.25) is 0 Å². The molecule has 4 fully saturated rings. The lowest BCUT2D eigenvalue weighted by Crippen LogP contribution is -2.60. The third-order valence-corrected chi connectivity index (χ3v) is 6.99. The van der Waals surface area contributed by atoms with E-state index in [2.05, 4.69) is 19.7 Å². The van der Waals surface area contributed by atoms with Gasteiger partial charge in [0.25, 0.3) is 0 Å². The number of esters is 1. The molecule has 2 aliphatic carbocycles. The van der Waals surface area contributed by atoms with E-state index in [9.17, 15) is 30.3 Å². The Bertz CT molecular complexity index is 762. The summed E-state index contributed by atoms with van der Waals surface area (Å²) >= 11 is 0. The maximum Gasteiger partial charge on any atom is 0.334 e. The molecule has 0 unspecified atom stereocenters. The molecule has 9 nitrogen and oxygen atoms in total. The topological polar surface area (TPSA) is 146 Å². The van der Waals surface area contributed by atoms with Crippen LogP contribution in [-0.2, 0) is 19.0 Å². The highest BCUT2D eigenvalue weighted by Crippen LogP contribution is 2.53. The zero-order valence-electron chi connectivity index (χ0n) is 16.5. The van der Waals surface area contributed by atoms with Crippen molar-refractivity contribution in [1.82, 2.24) is 0 Å². The van der Waals surface area contributed by atoms with E-state index in [-0.39, 0.29) is 17.8 Å². The second kappa shape index (κ2) is 7.83. The number of hydrogen-bond acceptors (Lipinski definition) is 9. The lowest BCUT2D eigenvalue weighted by molar-refractivity contribution is -0.298. The summed E-state index contributed by atoms with van der Waals surface area (Å²) in [5, 5.41) is 50.2. The molecule has 4 rings (SSSR count). The van der Waals surface area contributed by atoms with Crippen LogP contribution in [0.3, 0.4) is 0 Å². The fourth-order valence-electron chi connectivity index (χ4n) is 5.26. The number of aliphatic hydroxyl groups excluding tert-OH is 5. The summed E-state index contributed by atoms with van der Waals surface area (Å²) in [7, 11) is 0. The van der Waals surface area contributed by atoms with Gasteiger partial charge in [0.1, 0.15) is 30.5 Å². The van der Waals surface area contributed by atoms with Gasteiger partial charge in [0.15, 0.2) is 6.29 Å². The molecule has 2 saturated heterocycles. The summed E-state index contributed by atoms with van der Waals surface area (Å²) in [4.78, 5) is 12.1. The molecule has 0 aromatic carbocycles. The molecule has 0 aromatic rings. The van der Waals surface area contributed by atoms with Crippen LogP contribution in [0.15, 0.2) is 36.5 Å². The maximum absolute atomic E-state index is 12.1. The van der Waals surface area contributed by atoms with Crippen LogP contribution >= 0.6 is 0 Å². The van der Waals surface area contributed by atoms with E-state index in [1.165, 1.54) is 0 Å². The summed E-state index contributed by atoms with van der Waals surface area (Å²) in [5.74, 6) is -1.47. The maximum atomic E-state index is 12.1. The van der Waals surface area contributed by atoms with Gasteiger partial charge in [-0.15, -0.1) is 0 Å². The first-order valence-electron chi connectivity index (χ1n) is 10.1. The first-order valence-corrected chi connectivity index (χ1v) is 10.1. The number of aliphatic hydroxyl groups is 5. The van der Waals surface area contributed by atoms with E-state index >= 15 is 0 Å². The highest BCUT2D eigenvalue weighted by Gasteiger charge is 2.56. The largest absolute Gasteiger partial charge is 0.458 e. The van der Waals surface area contributed by atoms with E-state index in [4.69, 9.17) is 14.2 Å². The molecule has 0 radical (unpaired) electrons. The highest BCUT2D eigenvalue weighted by atomic mass is 16.7. The quantitative estimate of drug-likeness (QED) is 0.214. The molecule has 5 N–H and O–H groups in total. The number of carbonyl (C=O) groups is 1. The van der Waals surface area contributed by atoms with Gasteiger partial charge in [-0.25, -0.2) is 4.79 Å². The average Bonchev–Trinajstić information content (AvgIpc) is 3.14. The minimum absolute atomic E-state index is 0.268. The summed E-state index contributed by atoms with van der Waals surface area (Å²) < 4.78 is 16.8. The molecule has 0 aromatic heterocycles. The normalized spacial score (nSPS) is 48.9. The molecule has 0 spiro atoms. The standard InChI is InChI=1S/C21H28O9/c1-7-10-5-13(28-19-14(6-22)29-21(27)17(25)16(19)24)9(3)15(10)18-11(4-12(7)23)8(2)20(26)30-18/h10-19,21-25,27H,1-6H2/t10-,11-,12-,13-,14-,15-,16+,17-,18-,19+,21-/m0/s1. The van der Waals surface area contributed by atoms with Crippen molar-refractivity contribution in [2.75, 3.05) is 6.61 Å². The van der Waals surface area contributed by atoms with Gasteiger partial charge in [-0.1, -0.05) is 19.7 Å². The molecule has 4 aliphatic rings. The molecule has 9 heteroatoms. The molecule has 2 heterocycles. The summed E-state index contributed by atoms with van der Waals surface area (Å²) in [6, 6.07) is 0. The van der Waals surface area contributed by atoms with Crippen LogP contribution in [-0.4, -0.2) is 87.1 Å². The van der Waals surface area contributed by atoms with E-state index in [0.29, 0.717) is 29.6 Å². The number of fused-ring (bicyclic) bond motifs is 3. The minimum atomic E-state index is -1.64. The van der Waals surface area contributed by atoms with Gasteiger partial charge in [0, 0.05) is 17.4 Å².